The number of carbonyl (C=O) groups is 2. The zero-order chi connectivity index (χ0) is 13.8. The van der Waals surface area contributed by atoms with Gasteiger partial charge in [0.05, 0.1) is 10.8 Å². The van der Waals surface area contributed by atoms with Crippen molar-refractivity contribution in [3.8, 4) is 0 Å². The Morgan fingerprint density at radius 1 is 1.47 bits per heavy atom. The lowest BCUT2D eigenvalue weighted by molar-refractivity contribution is -0.137. The van der Waals surface area contributed by atoms with Crippen LogP contribution in [-0.4, -0.2) is 24.6 Å². The minimum absolute atomic E-state index is 0.234. The number of thioether (sulfide) groups is 1. The molecule has 0 aromatic carbocycles. The topological polar surface area (TPSA) is 43.4 Å². The zero-order valence-electron chi connectivity index (χ0n) is 11.0. The lowest BCUT2D eigenvalue weighted by Gasteiger charge is -2.11. The summed E-state index contributed by atoms with van der Waals surface area (Å²) < 4.78 is 5.93. The van der Waals surface area contributed by atoms with Crippen molar-refractivity contribution in [2.75, 3.05) is 12.9 Å². The van der Waals surface area contributed by atoms with E-state index in [4.69, 9.17) is 4.74 Å². The smallest absolute Gasteiger partial charge is 0.330 e. The Labute approximate surface area is 121 Å². The number of thiophene rings is 1. The van der Waals surface area contributed by atoms with Gasteiger partial charge < -0.3 is 4.74 Å². The maximum Gasteiger partial charge on any atom is 0.330 e. The predicted molar refractivity (Wildman–Crippen MR) is 79.0 cm³/mol. The molecule has 5 heteroatoms. The van der Waals surface area contributed by atoms with Crippen LogP contribution in [-0.2, 0) is 16.0 Å². The highest BCUT2D eigenvalue weighted by molar-refractivity contribution is 8.00. The Hall–Kier alpha value is -1.07. The first-order valence-corrected chi connectivity index (χ1v) is 8.29. The average molecular weight is 296 g/mol. The first kappa shape index (κ1) is 14.3. The molecule has 0 amide bonds. The van der Waals surface area contributed by atoms with E-state index in [2.05, 4.69) is 0 Å². The molecule has 2 rings (SSSR count). The number of hydrogen-bond donors (Lipinski definition) is 0. The Morgan fingerprint density at radius 2 is 2.26 bits per heavy atom. The summed E-state index contributed by atoms with van der Waals surface area (Å²) in [5.41, 5.74) is 1.98. The second kappa shape index (κ2) is 6.39. The van der Waals surface area contributed by atoms with E-state index in [1.165, 1.54) is 6.08 Å². The largest absolute Gasteiger partial charge is 0.463 e. The monoisotopic (exact) mass is 296 g/mol. The van der Waals surface area contributed by atoms with Gasteiger partial charge in [-0.25, -0.2) is 4.79 Å². The third kappa shape index (κ3) is 3.09. The maximum absolute atomic E-state index is 12.0. The molecule has 3 nitrogen and oxygen atoms in total. The van der Waals surface area contributed by atoms with E-state index in [0.717, 1.165) is 33.1 Å². The van der Waals surface area contributed by atoms with Crippen LogP contribution in [0.15, 0.2) is 10.3 Å². The predicted octanol–water partition coefficient (Wildman–Crippen LogP) is 3.57. The van der Waals surface area contributed by atoms with Gasteiger partial charge in [0.2, 0.25) is 0 Å². The highest BCUT2D eigenvalue weighted by Gasteiger charge is 2.25. The van der Waals surface area contributed by atoms with Gasteiger partial charge in [-0.3, -0.25) is 4.79 Å². The van der Waals surface area contributed by atoms with Crippen LogP contribution in [0.25, 0.3) is 6.08 Å². The normalized spacial score (nSPS) is 14.7. The molecule has 0 unspecified atom stereocenters. The fourth-order valence-corrected chi connectivity index (χ4v) is 4.20. The summed E-state index contributed by atoms with van der Waals surface area (Å²) >= 11 is 3.19. The molecule has 1 heterocycles. The third-order valence-corrected chi connectivity index (χ3v) is 5.28. The Kier molecular flexibility index (Phi) is 4.82. The second-order valence-electron chi connectivity index (χ2n) is 4.17. The zero-order valence-corrected chi connectivity index (χ0v) is 12.7. The van der Waals surface area contributed by atoms with E-state index in [1.54, 1.807) is 36.1 Å². The number of ether oxygens (including phenoxy) is 1. The van der Waals surface area contributed by atoms with Gasteiger partial charge in [0.1, 0.15) is 0 Å². The Balaban J connectivity index is 2.32. The fourth-order valence-electron chi connectivity index (χ4n) is 2.15. The Bertz CT molecular complexity index is 529. The molecule has 1 aliphatic carbocycles. The molecule has 0 fully saturated rings. The van der Waals surface area contributed by atoms with Crippen molar-refractivity contribution >= 4 is 40.9 Å². The van der Waals surface area contributed by atoms with Crippen LogP contribution in [0.2, 0.25) is 0 Å². The van der Waals surface area contributed by atoms with E-state index in [0.29, 0.717) is 13.0 Å². The highest BCUT2D eigenvalue weighted by Crippen LogP contribution is 2.39. The van der Waals surface area contributed by atoms with Crippen LogP contribution < -0.4 is 0 Å². The second-order valence-corrected chi connectivity index (χ2v) is 6.30. The van der Waals surface area contributed by atoms with Crippen molar-refractivity contribution in [1.29, 1.82) is 0 Å². The molecule has 1 aromatic rings. The first-order valence-electron chi connectivity index (χ1n) is 6.25. The van der Waals surface area contributed by atoms with Crippen LogP contribution in [0.5, 0.6) is 0 Å². The molecule has 0 saturated carbocycles. The molecular weight excluding hydrogens is 280 g/mol. The number of Topliss-reactive ketones (excluding diaryl/α,β-unsaturated/α-hetero) is 1. The van der Waals surface area contributed by atoms with E-state index < -0.39 is 0 Å². The number of carbonyl (C=O) groups excluding carboxylic acids is 2. The standard InChI is InChI=1S/C14H16O3S2/c1-3-17-12(16)8-7-11-9-5-4-6-10(15)13(9)14(18-2)19-11/h7-8H,3-6H2,1-2H3/b8-7+. The number of esters is 1. The molecule has 0 saturated heterocycles. The summed E-state index contributed by atoms with van der Waals surface area (Å²) in [6.07, 6.45) is 7.65. The van der Waals surface area contributed by atoms with Crippen molar-refractivity contribution in [1.82, 2.24) is 0 Å². The Morgan fingerprint density at radius 3 is 2.95 bits per heavy atom. The van der Waals surface area contributed by atoms with Gasteiger partial charge in [-0.05, 0) is 37.7 Å². The van der Waals surface area contributed by atoms with Gasteiger partial charge in [-0.2, -0.15) is 0 Å². The molecule has 19 heavy (non-hydrogen) atoms. The van der Waals surface area contributed by atoms with Gasteiger partial charge in [0.25, 0.3) is 0 Å². The molecule has 1 aromatic heterocycles. The molecule has 0 radical (unpaired) electrons. The van der Waals surface area contributed by atoms with E-state index in [9.17, 15) is 9.59 Å². The van der Waals surface area contributed by atoms with Crippen molar-refractivity contribution in [2.45, 2.75) is 30.4 Å². The van der Waals surface area contributed by atoms with Gasteiger partial charge in [-0.1, -0.05) is 0 Å². The van der Waals surface area contributed by atoms with E-state index in [-0.39, 0.29) is 11.8 Å². The summed E-state index contributed by atoms with van der Waals surface area (Å²) in [5.74, 6) is -0.102. The molecule has 1 aliphatic rings. The van der Waals surface area contributed by atoms with Crippen molar-refractivity contribution in [2.24, 2.45) is 0 Å². The van der Waals surface area contributed by atoms with Crippen molar-refractivity contribution in [3.05, 3.63) is 22.1 Å². The fraction of sp³-hybridized carbons (Fsp3) is 0.429. The summed E-state index contributed by atoms with van der Waals surface area (Å²) in [6.45, 7) is 2.16. The van der Waals surface area contributed by atoms with Crippen LogP contribution in [0.1, 0.15) is 40.6 Å². The lowest BCUT2D eigenvalue weighted by atomic mass is 9.92. The quantitative estimate of drug-likeness (QED) is 0.484. The minimum Gasteiger partial charge on any atom is -0.463 e. The summed E-state index contributed by atoms with van der Waals surface area (Å²) in [6, 6.07) is 0. The van der Waals surface area contributed by atoms with Gasteiger partial charge in [0, 0.05) is 22.9 Å². The SMILES string of the molecule is CCOC(=O)/C=C/c1sc(SC)c2c1CCCC2=O. The number of rotatable bonds is 4. The molecule has 102 valence electrons. The van der Waals surface area contributed by atoms with Crippen LogP contribution >= 0.6 is 23.1 Å². The van der Waals surface area contributed by atoms with Gasteiger partial charge >= 0.3 is 5.97 Å². The van der Waals surface area contributed by atoms with Crippen molar-refractivity contribution in [3.63, 3.8) is 0 Å². The average Bonchev–Trinajstić information content (AvgIpc) is 2.76. The number of fused-ring (bicyclic) bond motifs is 1. The summed E-state index contributed by atoms with van der Waals surface area (Å²) in [4.78, 5) is 24.4. The molecule has 0 aliphatic heterocycles. The number of hydrogen-bond acceptors (Lipinski definition) is 5. The molecule has 0 atom stereocenters. The minimum atomic E-state index is -0.336. The number of ketones is 1. The van der Waals surface area contributed by atoms with E-state index >= 15 is 0 Å². The van der Waals surface area contributed by atoms with Crippen molar-refractivity contribution < 1.29 is 14.3 Å². The van der Waals surface area contributed by atoms with Gasteiger partial charge in [0.15, 0.2) is 5.78 Å². The van der Waals surface area contributed by atoms with E-state index in [1.807, 2.05) is 6.26 Å². The molecular formula is C14H16O3S2. The molecule has 0 spiro atoms. The third-order valence-electron chi connectivity index (χ3n) is 2.96. The van der Waals surface area contributed by atoms with Crippen LogP contribution in [0, 0.1) is 0 Å². The molecule has 0 N–H and O–H groups in total. The first-order chi connectivity index (χ1) is 9.17. The van der Waals surface area contributed by atoms with Crippen LogP contribution in [0.3, 0.4) is 0 Å². The maximum atomic E-state index is 12.0. The summed E-state index contributed by atoms with van der Waals surface area (Å²) in [7, 11) is 0. The van der Waals surface area contributed by atoms with Crippen LogP contribution in [0.4, 0.5) is 0 Å². The summed E-state index contributed by atoms with van der Waals surface area (Å²) in [5, 5.41) is 0. The van der Waals surface area contributed by atoms with Gasteiger partial charge in [-0.15, -0.1) is 23.1 Å². The molecule has 0 bridgehead atoms. The lowest BCUT2D eigenvalue weighted by Crippen LogP contribution is -2.09. The highest BCUT2D eigenvalue weighted by atomic mass is 32.2.